The molecule has 0 spiro atoms. The number of carbonyl (C=O) groups is 1. The summed E-state index contributed by atoms with van der Waals surface area (Å²) in [4.78, 5) is 22.7. The molecule has 162 valence electrons. The SMILES string of the molecule is COc1ccc([N+](=O)[O-])cc1NC(=O)CCCN(c1cc(C)cc(C)c1)S(C)(=O)=O. The van der Waals surface area contributed by atoms with E-state index in [2.05, 4.69) is 5.32 Å². The van der Waals surface area contributed by atoms with Crippen LogP contribution in [0, 0.1) is 24.0 Å². The van der Waals surface area contributed by atoms with E-state index in [9.17, 15) is 23.3 Å². The summed E-state index contributed by atoms with van der Waals surface area (Å²) in [5, 5.41) is 13.5. The molecule has 0 unspecified atom stereocenters. The van der Waals surface area contributed by atoms with Gasteiger partial charge in [-0.15, -0.1) is 0 Å². The standard InChI is InChI=1S/C20H25N3O6S/c1-14-10-15(2)12-17(11-14)22(30(4,27)28)9-5-6-20(24)21-18-13-16(23(25)26)7-8-19(18)29-3/h7-8,10-13H,5-6,9H2,1-4H3,(H,21,24). The molecule has 0 atom stereocenters. The number of rotatable bonds is 9. The lowest BCUT2D eigenvalue weighted by Gasteiger charge is -2.23. The zero-order valence-corrected chi connectivity index (χ0v) is 18.2. The molecule has 0 radical (unpaired) electrons. The molecule has 0 aliphatic carbocycles. The molecule has 0 saturated heterocycles. The molecular formula is C20H25N3O6S. The molecule has 1 amide bonds. The maximum atomic E-state index is 12.3. The predicted molar refractivity (Wildman–Crippen MR) is 116 cm³/mol. The van der Waals surface area contributed by atoms with Crippen LogP contribution in [0.1, 0.15) is 24.0 Å². The first kappa shape index (κ1) is 23.1. The normalized spacial score (nSPS) is 11.1. The average Bonchev–Trinajstić information content (AvgIpc) is 2.63. The second-order valence-corrected chi connectivity index (χ2v) is 8.88. The molecule has 10 heteroatoms. The van der Waals surface area contributed by atoms with E-state index in [0.29, 0.717) is 11.4 Å². The van der Waals surface area contributed by atoms with Crippen LogP contribution >= 0.6 is 0 Å². The maximum Gasteiger partial charge on any atom is 0.271 e. The number of carbonyl (C=O) groups excluding carboxylic acids is 1. The van der Waals surface area contributed by atoms with Gasteiger partial charge in [0.25, 0.3) is 5.69 Å². The van der Waals surface area contributed by atoms with Crippen LogP contribution in [0.2, 0.25) is 0 Å². The Morgan fingerprint density at radius 1 is 1.17 bits per heavy atom. The molecule has 0 saturated carbocycles. The molecule has 0 aliphatic rings. The topological polar surface area (TPSA) is 119 Å². The Kier molecular flexibility index (Phi) is 7.38. The average molecular weight is 436 g/mol. The summed E-state index contributed by atoms with van der Waals surface area (Å²) in [7, 11) is -2.13. The number of ether oxygens (including phenoxy) is 1. The van der Waals surface area contributed by atoms with Crippen molar-refractivity contribution in [3.63, 3.8) is 0 Å². The molecule has 2 aromatic carbocycles. The highest BCUT2D eigenvalue weighted by Gasteiger charge is 2.19. The fourth-order valence-electron chi connectivity index (χ4n) is 3.08. The largest absolute Gasteiger partial charge is 0.495 e. The highest BCUT2D eigenvalue weighted by Crippen LogP contribution is 2.29. The summed E-state index contributed by atoms with van der Waals surface area (Å²) in [5.74, 6) is -0.107. The third kappa shape index (κ3) is 6.18. The van der Waals surface area contributed by atoms with Gasteiger partial charge in [-0.05, 0) is 49.6 Å². The summed E-state index contributed by atoms with van der Waals surface area (Å²) < 4.78 is 30.9. The number of sulfonamides is 1. The zero-order chi connectivity index (χ0) is 22.5. The smallest absolute Gasteiger partial charge is 0.271 e. The van der Waals surface area contributed by atoms with Crippen LogP contribution in [0.15, 0.2) is 36.4 Å². The number of nitro groups is 1. The molecule has 9 nitrogen and oxygen atoms in total. The number of hydrogen-bond donors (Lipinski definition) is 1. The third-order valence-electron chi connectivity index (χ3n) is 4.33. The van der Waals surface area contributed by atoms with Gasteiger partial charge in [0, 0.05) is 25.1 Å². The quantitative estimate of drug-likeness (QED) is 0.476. The summed E-state index contributed by atoms with van der Waals surface area (Å²) in [6.45, 7) is 3.90. The lowest BCUT2D eigenvalue weighted by Crippen LogP contribution is -2.31. The number of non-ortho nitro benzene ring substituents is 1. The number of hydrogen-bond acceptors (Lipinski definition) is 6. The van der Waals surface area contributed by atoms with E-state index in [1.807, 2.05) is 19.9 Å². The minimum atomic E-state index is -3.53. The summed E-state index contributed by atoms with van der Waals surface area (Å²) in [6, 6.07) is 9.41. The number of aryl methyl sites for hydroxylation is 2. The number of nitro benzene ring substituents is 1. The van der Waals surface area contributed by atoms with Crippen molar-refractivity contribution in [3.05, 3.63) is 57.6 Å². The molecule has 0 aliphatic heterocycles. The first-order valence-electron chi connectivity index (χ1n) is 9.19. The van der Waals surface area contributed by atoms with Crippen molar-refractivity contribution in [1.29, 1.82) is 0 Å². The van der Waals surface area contributed by atoms with Gasteiger partial charge in [-0.25, -0.2) is 8.42 Å². The Balaban J connectivity index is 2.08. The van der Waals surface area contributed by atoms with Crippen molar-refractivity contribution >= 4 is 33.0 Å². The molecule has 0 fully saturated rings. The van der Waals surface area contributed by atoms with Gasteiger partial charge >= 0.3 is 0 Å². The van der Waals surface area contributed by atoms with Crippen molar-refractivity contribution in [1.82, 2.24) is 0 Å². The van der Waals surface area contributed by atoms with E-state index in [1.54, 1.807) is 12.1 Å². The van der Waals surface area contributed by atoms with Crippen molar-refractivity contribution in [2.24, 2.45) is 0 Å². The van der Waals surface area contributed by atoms with Gasteiger partial charge in [-0.3, -0.25) is 19.2 Å². The number of nitrogens with one attached hydrogen (secondary N) is 1. The molecule has 0 bridgehead atoms. The van der Waals surface area contributed by atoms with Gasteiger partial charge in [-0.2, -0.15) is 0 Å². The van der Waals surface area contributed by atoms with E-state index in [-0.39, 0.29) is 30.8 Å². The minimum absolute atomic E-state index is 0.0304. The molecule has 2 aromatic rings. The van der Waals surface area contributed by atoms with Crippen molar-refractivity contribution in [2.75, 3.05) is 29.5 Å². The highest BCUT2D eigenvalue weighted by molar-refractivity contribution is 7.92. The van der Waals surface area contributed by atoms with Crippen LogP contribution in [0.5, 0.6) is 5.75 Å². The van der Waals surface area contributed by atoms with Gasteiger partial charge in [0.05, 0.1) is 29.7 Å². The third-order valence-corrected chi connectivity index (χ3v) is 5.52. The van der Waals surface area contributed by atoms with Gasteiger partial charge in [0.15, 0.2) is 0 Å². The maximum absolute atomic E-state index is 12.3. The Morgan fingerprint density at radius 2 is 1.80 bits per heavy atom. The number of benzene rings is 2. The van der Waals surface area contributed by atoms with Crippen molar-refractivity contribution in [2.45, 2.75) is 26.7 Å². The fraction of sp³-hybridized carbons (Fsp3) is 0.350. The van der Waals surface area contributed by atoms with Crippen LogP contribution in [0.4, 0.5) is 17.1 Å². The van der Waals surface area contributed by atoms with Crippen LogP contribution in [-0.2, 0) is 14.8 Å². The molecule has 30 heavy (non-hydrogen) atoms. The molecule has 1 N–H and O–H groups in total. The summed E-state index contributed by atoms with van der Waals surface area (Å²) in [5.41, 5.74) is 2.44. The monoisotopic (exact) mass is 435 g/mol. The first-order valence-corrected chi connectivity index (χ1v) is 11.0. The first-order chi connectivity index (χ1) is 14.0. The fourth-order valence-corrected chi connectivity index (χ4v) is 4.03. The molecule has 2 rings (SSSR count). The Labute approximate surface area is 175 Å². The van der Waals surface area contributed by atoms with Crippen LogP contribution in [-0.4, -0.2) is 39.2 Å². The number of anilines is 2. The number of amides is 1. The molecular weight excluding hydrogens is 410 g/mol. The Hall–Kier alpha value is -3.14. The Bertz CT molecular complexity index is 1030. The van der Waals surface area contributed by atoms with Crippen LogP contribution in [0.25, 0.3) is 0 Å². The van der Waals surface area contributed by atoms with E-state index < -0.39 is 20.9 Å². The second-order valence-electron chi connectivity index (χ2n) is 6.97. The van der Waals surface area contributed by atoms with E-state index >= 15 is 0 Å². The van der Waals surface area contributed by atoms with Crippen LogP contribution < -0.4 is 14.4 Å². The Morgan fingerprint density at radius 3 is 2.33 bits per heavy atom. The highest BCUT2D eigenvalue weighted by atomic mass is 32.2. The van der Waals surface area contributed by atoms with E-state index in [1.165, 1.54) is 29.6 Å². The second kappa shape index (κ2) is 9.57. The van der Waals surface area contributed by atoms with Crippen LogP contribution in [0.3, 0.4) is 0 Å². The van der Waals surface area contributed by atoms with Crippen molar-refractivity contribution < 1.29 is 22.9 Å². The lowest BCUT2D eigenvalue weighted by molar-refractivity contribution is -0.384. The van der Waals surface area contributed by atoms with Gasteiger partial charge in [0.2, 0.25) is 15.9 Å². The number of methoxy groups -OCH3 is 1. The van der Waals surface area contributed by atoms with Crippen molar-refractivity contribution in [3.8, 4) is 5.75 Å². The number of nitrogens with zero attached hydrogens (tertiary/aromatic N) is 2. The summed E-state index contributed by atoms with van der Waals surface area (Å²) >= 11 is 0. The zero-order valence-electron chi connectivity index (χ0n) is 17.3. The predicted octanol–water partition coefficient (Wildman–Crippen LogP) is 3.41. The van der Waals surface area contributed by atoms with Gasteiger partial charge in [0.1, 0.15) is 5.75 Å². The van der Waals surface area contributed by atoms with E-state index in [0.717, 1.165) is 17.4 Å². The van der Waals surface area contributed by atoms with Gasteiger partial charge < -0.3 is 10.1 Å². The molecule has 0 aromatic heterocycles. The summed E-state index contributed by atoms with van der Waals surface area (Å²) in [6.07, 6.45) is 1.42. The van der Waals surface area contributed by atoms with E-state index in [4.69, 9.17) is 4.74 Å². The lowest BCUT2D eigenvalue weighted by atomic mass is 10.1. The minimum Gasteiger partial charge on any atom is -0.495 e. The molecule has 0 heterocycles. The van der Waals surface area contributed by atoms with Gasteiger partial charge in [-0.1, -0.05) is 6.07 Å².